The molecule has 33 heavy (non-hydrogen) atoms. The topological polar surface area (TPSA) is 109 Å². The molecular formula is C23H20FN7O2. The van der Waals surface area contributed by atoms with Gasteiger partial charge in [0.05, 0.1) is 36.7 Å². The van der Waals surface area contributed by atoms with E-state index in [0.29, 0.717) is 29.1 Å². The van der Waals surface area contributed by atoms with E-state index in [4.69, 9.17) is 4.74 Å². The second-order valence-corrected chi connectivity index (χ2v) is 8.66. The summed E-state index contributed by atoms with van der Waals surface area (Å²) in [4.78, 5) is 18.3. The fraction of sp³-hybridized carbons (Fsp3) is 0.348. The zero-order valence-electron chi connectivity index (χ0n) is 17.6. The van der Waals surface area contributed by atoms with E-state index >= 15 is 4.39 Å². The van der Waals surface area contributed by atoms with Crippen molar-refractivity contribution in [3.05, 3.63) is 60.4 Å². The minimum atomic E-state index is -0.680. The minimum absolute atomic E-state index is 0.194. The van der Waals surface area contributed by atoms with Gasteiger partial charge in [-0.05, 0) is 24.3 Å². The average Bonchev–Trinajstić information content (AvgIpc) is 3.35. The second-order valence-electron chi connectivity index (χ2n) is 8.66. The van der Waals surface area contributed by atoms with Gasteiger partial charge >= 0.3 is 6.09 Å². The third kappa shape index (κ3) is 3.00. The van der Waals surface area contributed by atoms with Crippen LogP contribution in [-0.2, 0) is 16.7 Å². The number of carbonyl (C=O) groups is 1. The summed E-state index contributed by atoms with van der Waals surface area (Å²) in [6, 6.07) is 10.7. The Labute approximate surface area is 188 Å². The van der Waals surface area contributed by atoms with E-state index < -0.39 is 23.4 Å². The number of benzene rings is 1. The smallest absolute Gasteiger partial charge is 0.414 e. The highest BCUT2D eigenvalue weighted by atomic mass is 19.1. The number of ether oxygens (including phenoxy) is 1. The van der Waals surface area contributed by atoms with Crippen LogP contribution in [0.1, 0.15) is 5.69 Å². The molecule has 6 rings (SSSR count). The summed E-state index contributed by atoms with van der Waals surface area (Å²) in [7, 11) is 0. The fourth-order valence-electron chi connectivity index (χ4n) is 5.32. The maximum absolute atomic E-state index is 15.4. The maximum atomic E-state index is 15.4. The summed E-state index contributed by atoms with van der Waals surface area (Å²) < 4.78 is 22.4. The van der Waals surface area contributed by atoms with E-state index in [1.807, 2.05) is 0 Å². The molecule has 1 aromatic carbocycles. The highest BCUT2D eigenvalue weighted by Gasteiger charge is 2.69. The van der Waals surface area contributed by atoms with Crippen LogP contribution in [0.5, 0.6) is 0 Å². The number of carbonyl (C=O) groups excluding carboxylic acids is 1. The molecule has 1 aliphatic carbocycles. The van der Waals surface area contributed by atoms with Gasteiger partial charge in [-0.3, -0.25) is 9.88 Å². The van der Waals surface area contributed by atoms with Crippen molar-refractivity contribution in [2.24, 2.45) is 11.8 Å². The molecule has 3 fully saturated rings. The number of amides is 1. The number of aromatic nitrogens is 4. The summed E-state index contributed by atoms with van der Waals surface area (Å²) in [5.74, 6) is -0.0918. The van der Waals surface area contributed by atoms with Gasteiger partial charge in [-0.2, -0.15) is 5.26 Å². The van der Waals surface area contributed by atoms with Crippen molar-refractivity contribution < 1.29 is 13.9 Å². The van der Waals surface area contributed by atoms with Gasteiger partial charge in [-0.25, -0.2) is 13.9 Å². The van der Waals surface area contributed by atoms with Crippen LogP contribution in [0, 0.1) is 29.0 Å². The zero-order valence-corrected chi connectivity index (χ0v) is 17.6. The quantitative estimate of drug-likeness (QED) is 0.641. The number of halogens is 1. The highest BCUT2D eigenvalue weighted by Crippen LogP contribution is 2.62. The van der Waals surface area contributed by atoms with Crippen molar-refractivity contribution in [3.8, 4) is 17.2 Å². The first-order chi connectivity index (χ1) is 16.1. The summed E-state index contributed by atoms with van der Waals surface area (Å²) in [5, 5.41) is 20.9. The lowest BCUT2D eigenvalue weighted by Gasteiger charge is -2.18. The molecule has 1 amide bonds. The van der Waals surface area contributed by atoms with Crippen LogP contribution in [0.15, 0.2) is 48.9 Å². The molecule has 3 aromatic rings. The Morgan fingerprint density at radius 1 is 1.24 bits per heavy atom. The maximum Gasteiger partial charge on any atom is 0.414 e. The lowest BCUT2D eigenvalue weighted by Crippen LogP contribution is -2.26. The number of cyclic esters (lactones) is 1. The molecule has 9 nitrogen and oxygen atoms in total. The predicted octanol–water partition coefficient (Wildman–Crippen LogP) is 2.12. The van der Waals surface area contributed by atoms with E-state index in [9.17, 15) is 10.1 Å². The molecule has 0 bridgehead atoms. The van der Waals surface area contributed by atoms with Crippen LogP contribution >= 0.6 is 0 Å². The van der Waals surface area contributed by atoms with Crippen molar-refractivity contribution in [3.63, 3.8) is 0 Å². The third-order valence-electron chi connectivity index (χ3n) is 6.95. The van der Waals surface area contributed by atoms with Crippen molar-refractivity contribution in [1.82, 2.24) is 25.3 Å². The normalized spacial score (nSPS) is 27.8. The molecule has 3 aliphatic rings. The van der Waals surface area contributed by atoms with Gasteiger partial charge in [0, 0.05) is 48.4 Å². The standard InChI is InChI=1S/C23H20FN7O2/c24-20-8-14(31-12-15(33-22(31)32)11-30-7-6-28-29-30)3-4-16(20)17-2-1-5-27-21(17)23(13-25)18-9-26-10-19(18)23/h1-8,15,18-19,26H,9-12H2/t15-,18-,19+,23?/m0/s1. The number of hydrogen-bond donors (Lipinski definition) is 1. The molecule has 1 N–H and O–H groups in total. The van der Waals surface area contributed by atoms with Crippen LogP contribution in [0.2, 0.25) is 0 Å². The number of rotatable bonds is 5. The first-order valence-electron chi connectivity index (χ1n) is 10.8. The molecule has 1 unspecified atom stereocenters. The molecule has 2 aromatic heterocycles. The number of nitrogens with one attached hydrogen (secondary N) is 1. The molecule has 166 valence electrons. The first kappa shape index (κ1) is 19.8. The number of nitrogens with zero attached hydrogens (tertiary/aromatic N) is 6. The number of pyridine rings is 1. The van der Waals surface area contributed by atoms with Gasteiger partial charge in [0.2, 0.25) is 0 Å². The Bertz CT molecular complexity index is 1260. The van der Waals surface area contributed by atoms with Gasteiger partial charge < -0.3 is 10.1 Å². The third-order valence-corrected chi connectivity index (χ3v) is 6.95. The molecule has 2 aliphatic heterocycles. The summed E-state index contributed by atoms with van der Waals surface area (Å²) in [6.45, 7) is 2.18. The van der Waals surface area contributed by atoms with Crippen LogP contribution in [0.4, 0.5) is 14.9 Å². The number of anilines is 1. The molecule has 0 radical (unpaired) electrons. The Morgan fingerprint density at radius 3 is 2.82 bits per heavy atom. The summed E-state index contributed by atoms with van der Waals surface area (Å²) in [5.41, 5.74) is 1.34. The Morgan fingerprint density at radius 2 is 2.09 bits per heavy atom. The average molecular weight is 445 g/mol. The van der Waals surface area contributed by atoms with Gasteiger partial charge in [-0.15, -0.1) is 5.10 Å². The fourth-order valence-corrected chi connectivity index (χ4v) is 5.32. The van der Waals surface area contributed by atoms with Gasteiger partial charge in [0.25, 0.3) is 0 Å². The van der Waals surface area contributed by atoms with Gasteiger partial charge in [-0.1, -0.05) is 11.3 Å². The molecule has 1 saturated carbocycles. The summed E-state index contributed by atoms with van der Waals surface area (Å²) >= 11 is 0. The van der Waals surface area contributed by atoms with Crippen molar-refractivity contribution in [1.29, 1.82) is 5.26 Å². The van der Waals surface area contributed by atoms with Gasteiger partial charge in [0.15, 0.2) is 0 Å². The van der Waals surface area contributed by atoms with Crippen molar-refractivity contribution >= 4 is 11.8 Å². The predicted molar refractivity (Wildman–Crippen MR) is 114 cm³/mol. The molecular weight excluding hydrogens is 425 g/mol. The van der Waals surface area contributed by atoms with Crippen LogP contribution in [0.25, 0.3) is 11.1 Å². The summed E-state index contributed by atoms with van der Waals surface area (Å²) in [6.07, 6.45) is 3.95. The highest BCUT2D eigenvalue weighted by molar-refractivity contribution is 5.90. The first-order valence-corrected chi connectivity index (χ1v) is 10.8. The van der Waals surface area contributed by atoms with Crippen LogP contribution < -0.4 is 10.2 Å². The van der Waals surface area contributed by atoms with Crippen molar-refractivity contribution in [2.45, 2.75) is 18.1 Å². The van der Waals surface area contributed by atoms with Gasteiger partial charge in [0.1, 0.15) is 17.3 Å². The Kier molecular flexibility index (Phi) is 4.41. The zero-order chi connectivity index (χ0) is 22.6. The molecule has 10 heteroatoms. The number of fused-ring (bicyclic) bond motifs is 1. The molecule has 4 heterocycles. The molecule has 4 atom stereocenters. The lowest BCUT2D eigenvalue weighted by molar-refractivity contribution is 0.129. The number of piperidine rings is 1. The van der Waals surface area contributed by atoms with E-state index in [0.717, 1.165) is 13.1 Å². The minimum Gasteiger partial charge on any atom is -0.442 e. The van der Waals surface area contributed by atoms with Crippen LogP contribution in [-0.4, -0.2) is 51.8 Å². The Balaban J connectivity index is 1.29. The van der Waals surface area contributed by atoms with Crippen molar-refractivity contribution in [2.75, 3.05) is 24.5 Å². The molecule has 0 spiro atoms. The largest absolute Gasteiger partial charge is 0.442 e. The molecule has 2 saturated heterocycles. The Hall–Kier alpha value is -3.84. The number of hydrogen-bond acceptors (Lipinski definition) is 7. The lowest BCUT2D eigenvalue weighted by atomic mass is 9.90. The van der Waals surface area contributed by atoms with E-state index in [1.165, 1.54) is 11.0 Å². The number of nitriles is 1. The van der Waals surface area contributed by atoms with Crippen LogP contribution in [0.3, 0.4) is 0 Å². The van der Waals surface area contributed by atoms with E-state index in [2.05, 4.69) is 26.7 Å². The van der Waals surface area contributed by atoms with E-state index in [-0.39, 0.29) is 18.4 Å². The van der Waals surface area contributed by atoms with E-state index in [1.54, 1.807) is 47.5 Å². The SMILES string of the molecule is N#CC1(c2ncccc2-c2ccc(N3C[C@H](Cn4ccnn4)OC3=O)cc2F)[C@@H]2CNC[C@@H]21. The monoisotopic (exact) mass is 445 g/mol. The second kappa shape index (κ2) is 7.35.